The average molecular weight is 308 g/mol. The summed E-state index contributed by atoms with van der Waals surface area (Å²) in [6, 6.07) is 8.98. The summed E-state index contributed by atoms with van der Waals surface area (Å²) in [7, 11) is 0. The van der Waals surface area contributed by atoms with Crippen LogP contribution in [0.25, 0.3) is 0 Å². The minimum atomic E-state index is -1.04. The normalized spacial score (nSPS) is 12.0. The lowest BCUT2D eigenvalue weighted by Gasteiger charge is -2.15. The summed E-state index contributed by atoms with van der Waals surface area (Å²) in [5.41, 5.74) is 0.604. The van der Waals surface area contributed by atoms with Crippen molar-refractivity contribution in [2.24, 2.45) is 0 Å². The van der Waals surface area contributed by atoms with E-state index in [2.05, 4.69) is 10.6 Å². The predicted molar refractivity (Wildman–Crippen MR) is 77.8 cm³/mol. The zero-order chi connectivity index (χ0) is 16.1. The molecule has 0 radical (unpaired) electrons. The number of carbonyl (C=O) groups is 1. The van der Waals surface area contributed by atoms with E-state index in [1.54, 1.807) is 25.1 Å². The molecule has 22 heavy (non-hydrogen) atoms. The van der Waals surface area contributed by atoms with Gasteiger partial charge >= 0.3 is 0 Å². The van der Waals surface area contributed by atoms with Crippen molar-refractivity contribution in [3.8, 4) is 0 Å². The maximum absolute atomic E-state index is 13.6. The Morgan fingerprint density at radius 1 is 1.05 bits per heavy atom. The molecule has 0 fully saturated rings. The molecule has 0 heterocycles. The van der Waals surface area contributed by atoms with E-state index in [4.69, 9.17) is 0 Å². The lowest BCUT2D eigenvalue weighted by molar-refractivity contribution is -0.115. The summed E-state index contributed by atoms with van der Waals surface area (Å²) in [5, 5.41) is 5.30. The van der Waals surface area contributed by atoms with Crippen LogP contribution in [0.1, 0.15) is 18.5 Å². The SMILES string of the molecule is CC(NCC(=O)Nc1ccc(F)c(F)c1)c1ccccc1F. The number of halogens is 3. The smallest absolute Gasteiger partial charge is 0.238 e. The highest BCUT2D eigenvalue weighted by Gasteiger charge is 2.12. The first-order valence-electron chi connectivity index (χ1n) is 6.70. The van der Waals surface area contributed by atoms with Crippen molar-refractivity contribution in [1.29, 1.82) is 0 Å². The van der Waals surface area contributed by atoms with Crippen molar-refractivity contribution in [2.75, 3.05) is 11.9 Å². The van der Waals surface area contributed by atoms with Gasteiger partial charge in [-0.05, 0) is 25.1 Å². The topological polar surface area (TPSA) is 41.1 Å². The summed E-state index contributed by atoms with van der Waals surface area (Å²) >= 11 is 0. The molecule has 1 atom stereocenters. The summed E-state index contributed by atoms with van der Waals surface area (Å²) in [6.45, 7) is 1.64. The maximum atomic E-state index is 13.6. The first-order chi connectivity index (χ1) is 10.5. The van der Waals surface area contributed by atoms with E-state index in [1.807, 2.05) is 0 Å². The van der Waals surface area contributed by atoms with Gasteiger partial charge in [0.05, 0.1) is 6.54 Å². The molecule has 2 rings (SSSR count). The van der Waals surface area contributed by atoms with Crippen LogP contribution in [-0.4, -0.2) is 12.5 Å². The molecule has 3 nitrogen and oxygen atoms in total. The Morgan fingerprint density at radius 2 is 1.77 bits per heavy atom. The molecule has 0 aliphatic carbocycles. The fraction of sp³-hybridized carbons (Fsp3) is 0.188. The van der Waals surface area contributed by atoms with E-state index >= 15 is 0 Å². The van der Waals surface area contributed by atoms with Crippen molar-refractivity contribution in [1.82, 2.24) is 5.32 Å². The van der Waals surface area contributed by atoms with E-state index in [0.29, 0.717) is 5.56 Å². The molecule has 0 aliphatic rings. The van der Waals surface area contributed by atoms with Crippen LogP contribution in [-0.2, 0) is 4.79 Å². The molecule has 1 amide bonds. The molecule has 116 valence electrons. The Hall–Kier alpha value is -2.34. The largest absolute Gasteiger partial charge is 0.325 e. The second-order valence-corrected chi connectivity index (χ2v) is 4.80. The highest BCUT2D eigenvalue weighted by Crippen LogP contribution is 2.16. The van der Waals surface area contributed by atoms with Gasteiger partial charge in [0.1, 0.15) is 5.82 Å². The molecule has 0 saturated carbocycles. The number of amides is 1. The number of carbonyl (C=O) groups excluding carboxylic acids is 1. The third-order valence-electron chi connectivity index (χ3n) is 3.14. The summed E-state index contributed by atoms with van der Waals surface area (Å²) < 4.78 is 39.4. The Kier molecular flexibility index (Phi) is 5.16. The predicted octanol–water partition coefficient (Wildman–Crippen LogP) is 3.39. The molecule has 2 N–H and O–H groups in total. The Morgan fingerprint density at radius 3 is 2.45 bits per heavy atom. The van der Waals surface area contributed by atoms with E-state index in [0.717, 1.165) is 12.1 Å². The van der Waals surface area contributed by atoms with Crippen LogP contribution < -0.4 is 10.6 Å². The molecule has 0 bridgehead atoms. The second-order valence-electron chi connectivity index (χ2n) is 4.80. The van der Waals surface area contributed by atoms with Gasteiger partial charge < -0.3 is 10.6 Å². The quantitative estimate of drug-likeness (QED) is 0.889. The molecular weight excluding hydrogens is 293 g/mol. The van der Waals surface area contributed by atoms with Crippen molar-refractivity contribution in [2.45, 2.75) is 13.0 Å². The molecule has 0 saturated heterocycles. The van der Waals surface area contributed by atoms with Gasteiger partial charge in [0.15, 0.2) is 11.6 Å². The fourth-order valence-electron chi connectivity index (χ4n) is 1.96. The van der Waals surface area contributed by atoms with Crippen LogP contribution in [0.5, 0.6) is 0 Å². The Bertz CT molecular complexity index is 676. The van der Waals surface area contributed by atoms with Crippen molar-refractivity contribution in [3.05, 3.63) is 65.5 Å². The third kappa shape index (κ3) is 4.08. The fourth-order valence-corrected chi connectivity index (χ4v) is 1.96. The van der Waals surface area contributed by atoms with Gasteiger partial charge in [0.25, 0.3) is 0 Å². The first-order valence-corrected chi connectivity index (χ1v) is 6.70. The number of benzene rings is 2. The Balaban J connectivity index is 1.90. The summed E-state index contributed by atoms with van der Waals surface area (Å²) in [6.07, 6.45) is 0. The molecule has 0 aromatic heterocycles. The van der Waals surface area contributed by atoms with Crippen LogP contribution >= 0.6 is 0 Å². The standard InChI is InChI=1S/C16H15F3N2O/c1-10(12-4-2-3-5-13(12)17)20-9-16(22)21-11-6-7-14(18)15(19)8-11/h2-8,10,20H,9H2,1H3,(H,21,22). The van der Waals surface area contributed by atoms with Gasteiger partial charge in [-0.1, -0.05) is 18.2 Å². The van der Waals surface area contributed by atoms with E-state index in [9.17, 15) is 18.0 Å². The third-order valence-corrected chi connectivity index (χ3v) is 3.14. The maximum Gasteiger partial charge on any atom is 0.238 e. The lowest BCUT2D eigenvalue weighted by atomic mass is 10.1. The molecule has 6 heteroatoms. The molecule has 2 aromatic rings. The zero-order valence-corrected chi connectivity index (χ0v) is 11.9. The summed E-state index contributed by atoms with van der Waals surface area (Å²) in [4.78, 5) is 11.7. The number of hydrogen-bond acceptors (Lipinski definition) is 2. The Labute approximate surface area is 126 Å². The highest BCUT2D eigenvalue weighted by molar-refractivity contribution is 5.92. The van der Waals surface area contributed by atoms with Crippen LogP contribution in [0.4, 0.5) is 18.9 Å². The van der Waals surface area contributed by atoms with Crippen LogP contribution in [0, 0.1) is 17.5 Å². The van der Waals surface area contributed by atoms with Gasteiger partial charge in [-0.15, -0.1) is 0 Å². The van der Waals surface area contributed by atoms with Crippen LogP contribution in [0.2, 0.25) is 0 Å². The molecule has 2 aromatic carbocycles. The van der Waals surface area contributed by atoms with Gasteiger partial charge in [-0.3, -0.25) is 4.79 Å². The van der Waals surface area contributed by atoms with Gasteiger partial charge in [-0.25, -0.2) is 13.2 Å². The van der Waals surface area contributed by atoms with Crippen LogP contribution in [0.15, 0.2) is 42.5 Å². The minimum absolute atomic E-state index is 0.0888. The van der Waals surface area contributed by atoms with E-state index < -0.39 is 17.5 Å². The van der Waals surface area contributed by atoms with Gasteiger partial charge in [-0.2, -0.15) is 0 Å². The van der Waals surface area contributed by atoms with Crippen molar-refractivity contribution < 1.29 is 18.0 Å². The number of hydrogen-bond donors (Lipinski definition) is 2. The molecular formula is C16H15F3N2O. The van der Waals surface area contributed by atoms with E-state index in [1.165, 1.54) is 12.1 Å². The molecule has 0 aliphatic heterocycles. The van der Waals surface area contributed by atoms with Crippen molar-refractivity contribution >= 4 is 11.6 Å². The number of rotatable bonds is 5. The highest BCUT2D eigenvalue weighted by atomic mass is 19.2. The second kappa shape index (κ2) is 7.09. The summed E-state index contributed by atoms with van der Waals surface area (Å²) in [5.74, 6) is -2.81. The van der Waals surface area contributed by atoms with E-state index in [-0.39, 0.29) is 24.1 Å². The average Bonchev–Trinajstić information content (AvgIpc) is 2.49. The lowest BCUT2D eigenvalue weighted by Crippen LogP contribution is -2.30. The van der Waals surface area contributed by atoms with Crippen LogP contribution in [0.3, 0.4) is 0 Å². The van der Waals surface area contributed by atoms with Crippen molar-refractivity contribution in [3.63, 3.8) is 0 Å². The zero-order valence-electron chi connectivity index (χ0n) is 11.9. The van der Waals surface area contributed by atoms with Gasteiger partial charge in [0.2, 0.25) is 5.91 Å². The minimum Gasteiger partial charge on any atom is -0.325 e. The van der Waals surface area contributed by atoms with Gasteiger partial charge in [0, 0.05) is 23.4 Å². The molecule has 0 spiro atoms. The first kappa shape index (κ1) is 16.0. The number of nitrogens with one attached hydrogen (secondary N) is 2. The monoisotopic (exact) mass is 308 g/mol. The number of anilines is 1. The molecule has 1 unspecified atom stereocenters.